The Labute approximate surface area is 212 Å². The minimum atomic E-state index is -4.91. The van der Waals surface area contributed by atoms with E-state index in [9.17, 15) is 31.1 Å². The number of nitrogens with zero attached hydrogens (tertiary/aromatic N) is 3. The number of rotatable bonds is 7. The summed E-state index contributed by atoms with van der Waals surface area (Å²) >= 11 is 0. The van der Waals surface area contributed by atoms with Crippen molar-refractivity contribution in [2.45, 2.75) is 56.7 Å². The summed E-state index contributed by atoms with van der Waals surface area (Å²) in [6, 6.07) is 11.0. The average Bonchev–Trinajstić information content (AvgIpc) is 3.68. The van der Waals surface area contributed by atoms with E-state index < -0.39 is 29.5 Å². The molecule has 0 aromatic heterocycles. The molecular weight excluding hydrogens is 496 g/mol. The lowest BCUT2D eigenvalue weighted by atomic mass is 9.99. The fourth-order valence-corrected chi connectivity index (χ4v) is 5.05. The molecule has 2 fully saturated rings. The highest BCUT2D eigenvalue weighted by molar-refractivity contribution is 5.83. The van der Waals surface area contributed by atoms with Crippen molar-refractivity contribution in [2.24, 2.45) is 0 Å². The Morgan fingerprint density at radius 2 is 1.57 bits per heavy atom. The van der Waals surface area contributed by atoms with E-state index >= 15 is 0 Å². The molecule has 1 aliphatic carbocycles. The van der Waals surface area contributed by atoms with Crippen LogP contribution in [0.5, 0.6) is 0 Å². The van der Waals surface area contributed by atoms with Crippen molar-refractivity contribution in [2.75, 3.05) is 33.2 Å². The maximum Gasteiger partial charge on any atom is 0.416 e. The summed E-state index contributed by atoms with van der Waals surface area (Å²) in [5.74, 6) is -0.235. The summed E-state index contributed by atoms with van der Waals surface area (Å²) in [7, 11) is 1.54. The molecule has 4 rings (SSSR count). The summed E-state index contributed by atoms with van der Waals surface area (Å²) in [5, 5.41) is 0. The van der Waals surface area contributed by atoms with Crippen LogP contribution in [0.15, 0.2) is 48.5 Å². The topological polar surface area (TPSA) is 26.8 Å². The van der Waals surface area contributed by atoms with Crippen molar-refractivity contribution in [3.05, 3.63) is 70.8 Å². The van der Waals surface area contributed by atoms with E-state index in [0.29, 0.717) is 12.6 Å². The number of likely N-dealkylation sites (N-methyl/N-ethyl adjacent to an activating group) is 1. The van der Waals surface area contributed by atoms with E-state index in [2.05, 4.69) is 16.7 Å². The van der Waals surface area contributed by atoms with Gasteiger partial charge in [-0.2, -0.15) is 26.3 Å². The lowest BCUT2D eigenvalue weighted by Gasteiger charge is -2.44. The van der Waals surface area contributed by atoms with Crippen LogP contribution in [0.25, 0.3) is 0 Å². The van der Waals surface area contributed by atoms with Crippen LogP contribution in [0.4, 0.5) is 26.3 Å². The first-order chi connectivity index (χ1) is 17.3. The smallest absolute Gasteiger partial charge is 0.344 e. The molecule has 4 nitrogen and oxygen atoms in total. The number of piperazine rings is 1. The van der Waals surface area contributed by atoms with Crippen molar-refractivity contribution in [1.29, 1.82) is 0 Å². The molecule has 202 valence electrons. The number of alkyl halides is 6. The molecule has 2 aromatic carbocycles. The number of hydrogen-bond donors (Lipinski definition) is 0. The van der Waals surface area contributed by atoms with E-state index in [4.69, 9.17) is 0 Å². The zero-order valence-electron chi connectivity index (χ0n) is 20.8. The van der Waals surface area contributed by atoms with Gasteiger partial charge in [-0.05, 0) is 55.5 Å². The summed E-state index contributed by atoms with van der Waals surface area (Å²) in [6.45, 7) is 4.45. The van der Waals surface area contributed by atoms with Gasteiger partial charge in [-0.3, -0.25) is 14.6 Å². The molecule has 1 saturated heterocycles. The van der Waals surface area contributed by atoms with Crippen LogP contribution in [-0.4, -0.2) is 65.9 Å². The third-order valence-corrected chi connectivity index (χ3v) is 7.21. The lowest BCUT2D eigenvalue weighted by molar-refractivity contribution is -0.143. The Hall–Kier alpha value is -2.59. The molecular formula is C27H31F6N3O. The molecule has 1 heterocycles. The third kappa shape index (κ3) is 6.65. The summed E-state index contributed by atoms with van der Waals surface area (Å²) in [4.78, 5) is 19.7. The molecule has 0 bridgehead atoms. The second kappa shape index (κ2) is 10.6. The first-order valence-electron chi connectivity index (χ1n) is 12.4. The SMILES string of the molecule is CC1CN(C2CC2)CCN1C(C(=O)N(C)CCc1cc(C(F)(F)F)cc(C(F)(F)F)c1)c1ccccc1. The highest BCUT2D eigenvalue weighted by Gasteiger charge is 2.40. The zero-order valence-corrected chi connectivity index (χ0v) is 20.8. The van der Waals surface area contributed by atoms with Crippen molar-refractivity contribution in [1.82, 2.24) is 14.7 Å². The van der Waals surface area contributed by atoms with Crippen LogP contribution >= 0.6 is 0 Å². The fraction of sp³-hybridized carbons (Fsp3) is 0.519. The Morgan fingerprint density at radius 3 is 2.08 bits per heavy atom. The molecule has 1 saturated carbocycles. The van der Waals surface area contributed by atoms with E-state index in [1.807, 2.05) is 30.3 Å². The van der Waals surface area contributed by atoms with Gasteiger partial charge in [0.25, 0.3) is 0 Å². The van der Waals surface area contributed by atoms with Gasteiger partial charge in [-0.15, -0.1) is 0 Å². The average molecular weight is 528 g/mol. The van der Waals surface area contributed by atoms with Crippen LogP contribution < -0.4 is 0 Å². The number of carbonyl (C=O) groups is 1. The zero-order chi connectivity index (χ0) is 27.0. The van der Waals surface area contributed by atoms with Gasteiger partial charge in [0.1, 0.15) is 6.04 Å². The van der Waals surface area contributed by atoms with Crippen molar-refractivity contribution in [3.63, 3.8) is 0 Å². The lowest BCUT2D eigenvalue weighted by Crippen LogP contribution is -2.56. The number of hydrogen-bond acceptors (Lipinski definition) is 3. The Bertz CT molecular complexity index is 1050. The summed E-state index contributed by atoms with van der Waals surface area (Å²) < 4.78 is 79.4. The van der Waals surface area contributed by atoms with E-state index in [1.54, 1.807) is 7.05 Å². The van der Waals surface area contributed by atoms with Gasteiger partial charge >= 0.3 is 12.4 Å². The Balaban J connectivity index is 1.52. The van der Waals surface area contributed by atoms with Crippen LogP contribution in [-0.2, 0) is 23.6 Å². The minimum absolute atomic E-state index is 0.0167. The van der Waals surface area contributed by atoms with Gasteiger partial charge in [-0.1, -0.05) is 30.3 Å². The monoisotopic (exact) mass is 527 g/mol. The largest absolute Gasteiger partial charge is 0.416 e. The molecule has 1 amide bonds. The quantitative estimate of drug-likeness (QED) is 0.437. The normalized spacial score (nSPS) is 20.6. The molecule has 2 atom stereocenters. The predicted molar refractivity (Wildman–Crippen MR) is 128 cm³/mol. The first kappa shape index (κ1) is 27.4. The standard InChI is InChI=1S/C27H31F6N3O/c1-18-17-35(23-8-9-23)12-13-36(18)24(20-6-4-3-5-7-20)25(37)34(2)11-10-19-14-21(26(28,29)30)16-22(15-19)27(31,32)33/h3-7,14-16,18,23-24H,8-13,17H2,1-2H3. The molecule has 1 aliphatic heterocycles. The van der Waals surface area contributed by atoms with Crippen molar-refractivity contribution in [3.8, 4) is 0 Å². The maximum absolute atomic E-state index is 13.7. The molecule has 2 unspecified atom stereocenters. The van der Waals surface area contributed by atoms with Crippen molar-refractivity contribution < 1.29 is 31.1 Å². The second-order valence-electron chi connectivity index (χ2n) is 10.1. The molecule has 10 heteroatoms. The summed E-state index contributed by atoms with van der Waals surface area (Å²) in [6.07, 6.45) is -7.56. The Morgan fingerprint density at radius 1 is 0.973 bits per heavy atom. The molecule has 2 aromatic rings. The fourth-order valence-electron chi connectivity index (χ4n) is 5.05. The first-order valence-corrected chi connectivity index (χ1v) is 12.4. The van der Waals surface area contributed by atoms with Gasteiger partial charge in [-0.25, -0.2) is 0 Å². The maximum atomic E-state index is 13.7. The third-order valence-electron chi connectivity index (χ3n) is 7.21. The number of benzene rings is 2. The summed E-state index contributed by atoms with van der Waals surface area (Å²) in [5.41, 5.74) is -2.01. The predicted octanol–water partition coefficient (Wildman–Crippen LogP) is 5.63. The van der Waals surface area contributed by atoms with Crippen LogP contribution in [0, 0.1) is 0 Å². The van der Waals surface area contributed by atoms with Gasteiger partial charge in [0.05, 0.1) is 11.1 Å². The molecule has 2 aliphatic rings. The Kier molecular flexibility index (Phi) is 7.90. The molecule has 0 spiro atoms. The van der Waals surface area contributed by atoms with Gasteiger partial charge in [0.15, 0.2) is 0 Å². The van der Waals surface area contributed by atoms with E-state index in [1.165, 1.54) is 17.7 Å². The number of amides is 1. The number of halogens is 6. The van der Waals surface area contributed by atoms with Crippen LogP contribution in [0.2, 0.25) is 0 Å². The van der Waals surface area contributed by atoms with Crippen LogP contribution in [0.1, 0.15) is 48.1 Å². The second-order valence-corrected chi connectivity index (χ2v) is 10.1. The molecule has 0 N–H and O–H groups in total. The van der Waals surface area contributed by atoms with E-state index in [-0.39, 0.29) is 36.5 Å². The highest BCUT2D eigenvalue weighted by atomic mass is 19.4. The van der Waals surface area contributed by atoms with Gasteiger partial charge in [0.2, 0.25) is 5.91 Å². The van der Waals surface area contributed by atoms with Crippen LogP contribution in [0.3, 0.4) is 0 Å². The van der Waals surface area contributed by atoms with Crippen molar-refractivity contribution >= 4 is 5.91 Å². The highest BCUT2D eigenvalue weighted by Crippen LogP contribution is 2.37. The molecule has 0 radical (unpaired) electrons. The minimum Gasteiger partial charge on any atom is -0.344 e. The van der Waals surface area contributed by atoms with Gasteiger partial charge in [0, 0.05) is 45.3 Å². The molecule has 37 heavy (non-hydrogen) atoms. The van der Waals surface area contributed by atoms with E-state index in [0.717, 1.165) is 30.8 Å². The van der Waals surface area contributed by atoms with Gasteiger partial charge < -0.3 is 4.90 Å². The number of carbonyl (C=O) groups excluding carboxylic acids is 1.